The van der Waals surface area contributed by atoms with Crippen LogP contribution in [0.15, 0.2) is 25.0 Å². The molecule has 0 unspecified atom stereocenters. The summed E-state index contributed by atoms with van der Waals surface area (Å²) < 4.78 is 16.5. The van der Waals surface area contributed by atoms with Gasteiger partial charge in [0.25, 0.3) is 0 Å². The number of hydrogen-bond donors (Lipinski definition) is 1. The number of aryl methyl sites for hydroxylation is 2. The summed E-state index contributed by atoms with van der Waals surface area (Å²) in [5.74, 6) is 0. The normalized spacial score (nSPS) is 9.26. The molecule has 2 aromatic heterocycles. The molecule has 0 atom stereocenters. The second-order valence-corrected chi connectivity index (χ2v) is 5.25. The van der Waals surface area contributed by atoms with E-state index in [-0.39, 0.29) is 25.3 Å². The highest BCUT2D eigenvalue weighted by atomic mass is 35.5. The second-order valence-electron chi connectivity index (χ2n) is 4.50. The molecule has 0 aliphatic heterocycles. The predicted molar refractivity (Wildman–Crippen MR) is 97.4 cm³/mol. The average Bonchev–Trinajstić information content (AvgIpc) is 3.22. The lowest BCUT2D eigenvalue weighted by Crippen LogP contribution is -2.06. The van der Waals surface area contributed by atoms with Gasteiger partial charge in [-0.05, 0) is 0 Å². The molecule has 1 N–H and O–H groups in total. The van der Waals surface area contributed by atoms with Crippen LogP contribution < -0.4 is 0 Å². The fourth-order valence-corrected chi connectivity index (χ4v) is 1.65. The van der Waals surface area contributed by atoms with Crippen molar-refractivity contribution in [2.45, 2.75) is 13.2 Å². The predicted octanol–water partition coefficient (Wildman–Crippen LogP) is 2.74. The summed E-state index contributed by atoms with van der Waals surface area (Å²) >= 11 is 14.6. The Labute approximate surface area is 170 Å². The Kier molecular flexibility index (Phi) is 14.0. The molecule has 0 saturated carbocycles. The maximum atomic E-state index is 10.7. The molecule has 27 heavy (non-hydrogen) atoms. The minimum Gasteiger partial charge on any atom is -0.437 e. The molecule has 10 nitrogen and oxygen atoms in total. The number of nitrogens with zero attached hydrogens (tertiary/aromatic N) is 4. The van der Waals surface area contributed by atoms with Gasteiger partial charge in [-0.2, -0.15) is 0 Å². The Morgan fingerprint density at radius 1 is 1.00 bits per heavy atom. The highest BCUT2D eigenvalue weighted by Crippen LogP contribution is 1.98. The van der Waals surface area contributed by atoms with Gasteiger partial charge >= 0.3 is 11.6 Å². The van der Waals surface area contributed by atoms with Crippen LogP contribution in [0.25, 0.3) is 0 Å². The number of imidazole rings is 2. The fraction of sp³-hybridized carbons (Fsp3) is 0.429. The summed E-state index contributed by atoms with van der Waals surface area (Å²) in [6.07, 6.45) is 6.01. The topological polar surface area (TPSA) is 118 Å². The Bertz CT molecular complexity index is 679. The van der Waals surface area contributed by atoms with Gasteiger partial charge < -0.3 is 28.5 Å². The summed E-state index contributed by atoms with van der Waals surface area (Å²) in [7, 11) is 3.69. The van der Waals surface area contributed by atoms with Crippen LogP contribution in [0.2, 0.25) is 0 Å². The van der Waals surface area contributed by atoms with Gasteiger partial charge in [-0.1, -0.05) is 23.2 Å². The number of carbonyl (C=O) groups excluding carboxylic acids is 2. The molecule has 0 spiro atoms. The van der Waals surface area contributed by atoms with Gasteiger partial charge in [0.1, 0.15) is 6.61 Å². The van der Waals surface area contributed by atoms with E-state index in [4.69, 9.17) is 28.3 Å². The first-order valence-electron chi connectivity index (χ1n) is 7.10. The van der Waals surface area contributed by atoms with E-state index < -0.39 is 11.6 Å². The van der Waals surface area contributed by atoms with Crippen LogP contribution in [0.4, 0.5) is 9.59 Å². The fourth-order valence-electron chi connectivity index (χ4n) is 1.35. The number of hydrogen-bond acceptors (Lipinski definition) is 8. The minimum atomic E-state index is -0.870. The molecule has 0 saturated heterocycles. The van der Waals surface area contributed by atoms with E-state index in [9.17, 15) is 9.59 Å². The second kappa shape index (κ2) is 15.1. The van der Waals surface area contributed by atoms with Gasteiger partial charge in [0.2, 0.25) is 0 Å². The number of rotatable bonds is 5. The van der Waals surface area contributed by atoms with E-state index in [0.717, 1.165) is 0 Å². The number of aromatic nitrogens is 4. The number of ether oxygens (including phenoxy) is 3. The van der Waals surface area contributed by atoms with Crippen molar-refractivity contribution < 1.29 is 28.9 Å². The molecule has 13 heteroatoms. The maximum absolute atomic E-state index is 10.7. The molecule has 0 radical (unpaired) electrons. The van der Waals surface area contributed by atoms with Crippen LogP contribution in [-0.2, 0) is 41.5 Å². The Balaban J connectivity index is 0.000000413. The number of carbonyl (C=O) groups is 2. The molecular formula is C14H19Cl3N4O6. The Morgan fingerprint density at radius 2 is 1.52 bits per heavy atom. The van der Waals surface area contributed by atoms with Crippen LogP contribution in [0.3, 0.4) is 0 Å². The zero-order valence-corrected chi connectivity index (χ0v) is 16.8. The van der Waals surface area contributed by atoms with Crippen molar-refractivity contribution >= 4 is 46.4 Å². The zero-order chi connectivity index (χ0) is 20.7. The standard InChI is InChI=1S/C7H9ClN2O3.C5H8N2O.C2H2Cl2O2/c1-10-2-6(9-5-10)3-12-7(11)13-4-8;1-7-2-5(3-8)6-4-7;3-1-6-2(4)5/h2,5H,3-4H2,1H3;2,4,8H,3H2,1H3;1H2. The molecule has 152 valence electrons. The number of alkyl halides is 2. The van der Waals surface area contributed by atoms with E-state index >= 15 is 0 Å². The lowest BCUT2D eigenvalue weighted by atomic mass is 10.5. The SMILES string of the molecule is Cn1cnc(CO)c1.Cn1cnc(COC(=O)OCCl)c1.O=C(Cl)OCCl. The third-order valence-electron chi connectivity index (χ3n) is 2.36. The van der Waals surface area contributed by atoms with Gasteiger partial charge in [0, 0.05) is 38.1 Å². The number of halogens is 3. The summed E-state index contributed by atoms with van der Waals surface area (Å²) in [5, 5.41) is 8.48. The van der Waals surface area contributed by atoms with Gasteiger partial charge in [-0.3, -0.25) is 0 Å². The van der Waals surface area contributed by atoms with Gasteiger partial charge in [0.05, 0.1) is 30.6 Å². The van der Waals surface area contributed by atoms with Crippen molar-refractivity contribution in [3.63, 3.8) is 0 Å². The number of aliphatic hydroxyl groups is 1. The number of aliphatic hydroxyl groups excluding tert-OH is 1. The summed E-state index contributed by atoms with van der Waals surface area (Å²) in [6, 6.07) is -0.386. The van der Waals surface area contributed by atoms with Crippen LogP contribution >= 0.6 is 34.8 Å². The highest BCUT2D eigenvalue weighted by molar-refractivity contribution is 6.61. The molecule has 0 bridgehead atoms. The molecule has 2 heterocycles. The van der Waals surface area contributed by atoms with Gasteiger partial charge in [0.15, 0.2) is 12.1 Å². The first kappa shape index (κ1) is 25.0. The summed E-state index contributed by atoms with van der Waals surface area (Å²) in [4.78, 5) is 28.0. The molecule has 2 aromatic rings. The lowest BCUT2D eigenvalue weighted by molar-refractivity contribution is 0.0612. The van der Waals surface area contributed by atoms with E-state index in [1.54, 1.807) is 34.2 Å². The monoisotopic (exact) mass is 444 g/mol. The summed E-state index contributed by atoms with van der Waals surface area (Å²) in [5.41, 5.74) is 0.506. The van der Waals surface area contributed by atoms with Crippen molar-refractivity contribution in [2.75, 3.05) is 12.1 Å². The maximum Gasteiger partial charge on any atom is 0.509 e. The van der Waals surface area contributed by atoms with E-state index in [1.807, 2.05) is 14.1 Å². The molecule has 0 aliphatic rings. The first-order valence-corrected chi connectivity index (χ1v) is 8.55. The van der Waals surface area contributed by atoms with Crippen molar-refractivity contribution in [2.24, 2.45) is 14.1 Å². The van der Waals surface area contributed by atoms with Crippen molar-refractivity contribution in [3.8, 4) is 0 Å². The van der Waals surface area contributed by atoms with Gasteiger partial charge in [-0.25, -0.2) is 19.6 Å². The third kappa shape index (κ3) is 13.8. The van der Waals surface area contributed by atoms with E-state index in [2.05, 4.69) is 35.8 Å². The highest BCUT2D eigenvalue weighted by Gasteiger charge is 2.04. The van der Waals surface area contributed by atoms with Gasteiger partial charge in [-0.15, -0.1) is 0 Å². The molecule has 0 aliphatic carbocycles. The van der Waals surface area contributed by atoms with Crippen LogP contribution in [-0.4, -0.2) is 47.9 Å². The van der Waals surface area contributed by atoms with Crippen molar-refractivity contribution in [3.05, 3.63) is 36.4 Å². The zero-order valence-electron chi connectivity index (χ0n) is 14.5. The molecule has 0 aromatic carbocycles. The minimum absolute atomic E-state index is 0.0286. The quantitative estimate of drug-likeness (QED) is 0.424. The lowest BCUT2D eigenvalue weighted by Gasteiger charge is -2.00. The molecule has 0 fully saturated rings. The van der Waals surface area contributed by atoms with E-state index in [1.165, 1.54) is 0 Å². The van der Waals surface area contributed by atoms with Crippen molar-refractivity contribution in [1.29, 1.82) is 0 Å². The van der Waals surface area contributed by atoms with Crippen molar-refractivity contribution in [1.82, 2.24) is 19.1 Å². The molecule has 2 rings (SSSR count). The van der Waals surface area contributed by atoms with Crippen LogP contribution in [0, 0.1) is 0 Å². The smallest absolute Gasteiger partial charge is 0.437 e. The van der Waals surface area contributed by atoms with Crippen LogP contribution in [0.1, 0.15) is 11.4 Å². The average molecular weight is 446 g/mol. The largest absolute Gasteiger partial charge is 0.509 e. The van der Waals surface area contributed by atoms with E-state index in [0.29, 0.717) is 11.4 Å². The Hall–Kier alpha value is -2.01. The Morgan fingerprint density at radius 3 is 1.81 bits per heavy atom. The third-order valence-corrected chi connectivity index (χ3v) is 2.68. The first-order chi connectivity index (χ1) is 12.8. The molecule has 0 amide bonds. The summed E-state index contributed by atoms with van der Waals surface area (Å²) in [6.45, 7) is 0.122. The van der Waals surface area contributed by atoms with Crippen LogP contribution in [0.5, 0.6) is 0 Å². The molecular weight excluding hydrogens is 427 g/mol.